The SMILES string of the molecule is CC1(C)OC(=O)C=C(C[C@H](O)[C@H](O)COCc2ccccc2)O1. The highest BCUT2D eigenvalue weighted by molar-refractivity contribution is 5.83. The predicted molar refractivity (Wildman–Crippen MR) is 82.1 cm³/mol. The zero-order valence-electron chi connectivity index (χ0n) is 13.3. The van der Waals surface area contributed by atoms with Crippen molar-refractivity contribution in [1.82, 2.24) is 0 Å². The van der Waals surface area contributed by atoms with Crippen LogP contribution in [0.2, 0.25) is 0 Å². The summed E-state index contributed by atoms with van der Waals surface area (Å²) in [6.07, 6.45) is -0.997. The molecule has 1 aromatic carbocycles. The predicted octanol–water partition coefficient (Wildman–Crippen LogP) is 1.51. The van der Waals surface area contributed by atoms with Crippen LogP contribution in [0.25, 0.3) is 0 Å². The summed E-state index contributed by atoms with van der Waals surface area (Å²) in [7, 11) is 0. The first-order valence-electron chi connectivity index (χ1n) is 7.46. The zero-order valence-corrected chi connectivity index (χ0v) is 13.3. The Bertz CT molecular complexity index is 551. The Morgan fingerprint density at radius 3 is 2.48 bits per heavy atom. The van der Waals surface area contributed by atoms with E-state index in [2.05, 4.69) is 0 Å². The molecular formula is C17H22O6. The van der Waals surface area contributed by atoms with E-state index in [1.807, 2.05) is 30.3 Å². The Hall–Kier alpha value is -1.89. The normalized spacial score (nSPS) is 19.3. The van der Waals surface area contributed by atoms with Crippen molar-refractivity contribution in [2.45, 2.75) is 44.9 Å². The van der Waals surface area contributed by atoms with Gasteiger partial charge in [0.05, 0.1) is 25.4 Å². The maximum absolute atomic E-state index is 11.4. The topological polar surface area (TPSA) is 85.2 Å². The van der Waals surface area contributed by atoms with Crippen molar-refractivity contribution in [1.29, 1.82) is 0 Å². The van der Waals surface area contributed by atoms with Crippen LogP contribution in [-0.2, 0) is 25.6 Å². The van der Waals surface area contributed by atoms with Gasteiger partial charge in [0.15, 0.2) is 0 Å². The van der Waals surface area contributed by atoms with E-state index in [9.17, 15) is 15.0 Å². The van der Waals surface area contributed by atoms with Crippen LogP contribution < -0.4 is 0 Å². The maximum atomic E-state index is 11.4. The van der Waals surface area contributed by atoms with Crippen LogP contribution in [0, 0.1) is 0 Å². The van der Waals surface area contributed by atoms with Crippen molar-refractivity contribution < 1.29 is 29.2 Å². The number of rotatable bonds is 7. The summed E-state index contributed by atoms with van der Waals surface area (Å²) in [5, 5.41) is 20.0. The third-order valence-corrected chi connectivity index (χ3v) is 3.26. The van der Waals surface area contributed by atoms with Gasteiger partial charge >= 0.3 is 5.97 Å². The molecule has 0 radical (unpaired) electrons. The lowest BCUT2D eigenvalue weighted by atomic mass is 10.1. The first-order chi connectivity index (χ1) is 10.9. The second-order valence-corrected chi connectivity index (χ2v) is 5.87. The molecule has 6 nitrogen and oxygen atoms in total. The zero-order chi connectivity index (χ0) is 16.9. The lowest BCUT2D eigenvalue weighted by molar-refractivity contribution is -0.207. The van der Waals surface area contributed by atoms with Crippen molar-refractivity contribution in [3.63, 3.8) is 0 Å². The van der Waals surface area contributed by atoms with Crippen LogP contribution in [0.15, 0.2) is 42.2 Å². The first kappa shape index (κ1) is 17.5. The minimum atomic E-state index is -1.10. The van der Waals surface area contributed by atoms with Gasteiger partial charge in [0.2, 0.25) is 5.79 Å². The fourth-order valence-corrected chi connectivity index (χ4v) is 2.19. The molecule has 1 heterocycles. The summed E-state index contributed by atoms with van der Waals surface area (Å²) in [4.78, 5) is 11.4. The van der Waals surface area contributed by atoms with Gasteiger partial charge in [0.1, 0.15) is 11.9 Å². The third-order valence-electron chi connectivity index (χ3n) is 3.26. The molecule has 126 valence electrons. The van der Waals surface area contributed by atoms with Crippen LogP contribution >= 0.6 is 0 Å². The molecule has 1 aliphatic heterocycles. The number of carbonyl (C=O) groups excluding carboxylic acids is 1. The Kier molecular flexibility index (Phi) is 5.76. The number of hydrogen-bond acceptors (Lipinski definition) is 6. The van der Waals surface area contributed by atoms with E-state index < -0.39 is 24.0 Å². The summed E-state index contributed by atoms with van der Waals surface area (Å²) in [6, 6.07) is 9.54. The number of esters is 1. The average Bonchev–Trinajstić information content (AvgIpc) is 2.46. The van der Waals surface area contributed by atoms with E-state index in [1.165, 1.54) is 6.08 Å². The van der Waals surface area contributed by atoms with Gasteiger partial charge in [-0.2, -0.15) is 0 Å². The molecule has 2 N–H and O–H groups in total. The van der Waals surface area contributed by atoms with Gasteiger partial charge in [-0.1, -0.05) is 30.3 Å². The molecule has 2 atom stereocenters. The summed E-state index contributed by atoms with van der Waals surface area (Å²) in [6.45, 7) is 3.54. The highest BCUT2D eigenvalue weighted by Crippen LogP contribution is 2.25. The highest BCUT2D eigenvalue weighted by atomic mass is 16.7. The first-order valence-corrected chi connectivity index (χ1v) is 7.46. The number of cyclic esters (lactones) is 1. The van der Waals surface area contributed by atoms with Crippen LogP contribution in [0.5, 0.6) is 0 Å². The maximum Gasteiger partial charge on any atom is 0.337 e. The van der Waals surface area contributed by atoms with Gasteiger partial charge in [-0.05, 0) is 5.56 Å². The summed E-state index contributed by atoms with van der Waals surface area (Å²) in [5.41, 5.74) is 0.983. The molecule has 0 aromatic heterocycles. The number of aliphatic hydroxyl groups is 2. The second-order valence-electron chi connectivity index (χ2n) is 5.87. The van der Waals surface area contributed by atoms with Crippen molar-refractivity contribution >= 4 is 5.97 Å². The number of hydrogen-bond donors (Lipinski definition) is 2. The minimum absolute atomic E-state index is 0.00833. The molecule has 0 unspecified atom stereocenters. The largest absolute Gasteiger partial charge is 0.457 e. The fraction of sp³-hybridized carbons (Fsp3) is 0.471. The van der Waals surface area contributed by atoms with Crippen LogP contribution in [0.4, 0.5) is 0 Å². The highest BCUT2D eigenvalue weighted by Gasteiger charge is 2.31. The van der Waals surface area contributed by atoms with Gasteiger partial charge in [-0.15, -0.1) is 0 Å². The minimum Gasteiger partial charge on any atom is -0.457 e. The van der Waals surface area contributed by atoms with Crippen molar-refractivity contribution in [3.8, 4) is 0 Å². The molecule has 0 amide bonds. The van der Waals surface area contributed by atoms with Crippen molar-refractivity contribution in [3.05, 3.63) is 47.7 Å². The van der Waals surface area contributed by atoms with E-state index in [-0.39, 0.29) is 18.8 Å². The lowest BCUT2D eigenvalue weighted by Crippen LogP contribution is -2.37. The number of aliphatic hydroxyl groups excluding tert-OH is 2. The van der Waals surface area contributed by atoms with Crippen LogP contribution in [-0.4, -0.2) is 40.8 Å². The van der Waals surface area contributed by atoms with Gasteiger partial charge < -0.3 is 24.4 Å². The molecule has 1 aromatic rings. The van der Waals surface area contributed by atoms with E-state index in [1.54, 1.807) is 13.8 Å². The van der Waals surface area contributed by atoms with Gasteiger partial charge in [0.25, 0.3) is 0 Å². The summed E-state index contributed by atoms with van der Waals surface area (Å²) >= 11 is 0. The molecule has 23 heavy (non-hydrogen) atoms. The number of carbonyl (C=O) groups is 1. The molecule has 0 aliphatic carbocycles. The Labute approximate surface area is 135 Å². The van der Waals surface area contributed by atoms with Gasteiger partial charge in [-0.3, -0.25) is 0 Å². The monoisotopic (exact) mass is 322 g/mol. The molecule has 0 spiro atoms. The standard InChI is InChI=1S/C17H22O6/c1-17(2)22-13(9-16(20)23-17)8-14(18)15(19)11-21-10-12-6-4-3-5-7-12/h3-7,9,14-15,18-19H,8,10-11H2,1-2H3/t14-,15+/m0/s1. The van der Waals surface area contributed by atoms with E-state index >= 15 is 0 Å². The molecule has 0 fully saturated rings. The smallest absolute Gasteiger partial charge is 0.337 e. The molecule has 1 aliphatic rings. The molecule has 2 rings (SSSR count). The quantitative estimate of drug-likeness (QED) is 0.740. The molecule has 6 heteroatoms. The van der Waals surface area contributed by atoms with Crippen molar-refractivity contribution in [2.24, 2.45) is 0 Å². The average molecular weight is 322 g/mol. The Morgan fingerprint density at radius 2 is 1.83 bits per heavy atom. The summed E-state index contributed by atoms with van der Waals surface area (Å²) < 4.78 is 15.8. The van der Waals surface area contributed by atoms with Crippen molar-refractivity contribution in [2.75, 3.05) is 6.61 Å². The van der Waals surface area contributed by atoms with E-state index in [0.717, 1.165) is 5.56 Å². The van der Waals surface area contributed by atoms with Crippen LogP contribution in [0.1, 0.15) is 25.8 Å². The van der Waals surface area contributed by atoms with Gasteiger partial charge in [0, 0.05) is 20.3 Å². The molecule has 0 saturated carbocycles. The van der Waals surface area contributed by atoms with Crippen LogP contribution in [0.3, 0.4) is 0 Å². The number of ether oxygens (including phenoxy) is 3. The molecule has 0 saturated heterocycles. The summed E-state index contributed by atoms with van der Waals surface area (Å²) in [5.74, 6) is -1.32. The van der Waals surface area contributed by atoms with E-state index in [4.69, 9.17) is 14.2 Å². The van der Waals surface area contributed by atoms with E-state index in [0.29, 0.717) is 6.61 Å². The fourth-order valence-electron chi connectivity index (χ4n) is 2.19. The Morgan fingerprint density at radius 1 is 1.13 bits per heavy atom. The lowest BCUT2D eigenvalue weighted by Gasteiger charge is -2.31. The van der Waals surface area contributed by atoms with Gasteiger partial charge in [-0.25, -0.2) is 4.79 Å². The molecule has 0 bridgehead atoms. The second kappa shape index (κ2) is 7.59. The Balaban J connectivity index is 1.78. The third kappa shape index (κ3) is 5.67. The number of benzene rings is 1. The molecular weight excluding hydrogens is 300 g/mol.